The van der Waals surface area contributed by atoms with Crippen molar-refractivity contribution in [1.82, 2.24) is 9.97 Å². The largest absolute Gasteiger partial charge is 0.378 e. The summed E-state index contributed by atoms with van der Waals surface area (Å²) in [5.41, 5.74) is 2.56. The lowest BCUT2D eigenvalue weighted by molar-refractivity contribution is -0.116. The van der Waals surface area contributed by atoms with Crippen molar-refractivity contribution in [3.63, 3.8) is 0 Å². The third-order valence-electron chi connectivity index (χ3n) is 5.28. The Morgan fingerprint density at radius 3 is 2.59 bits per heavy atom. The molecule has 1 fully saturated rings. The maximum absolute atomic E-state index is 12.6. The summed E-state index contributed by atoms with van der Waals surface area (Å²) in [6.45, 7) is 7.61. The first-order chi connectivity index (χ1) is 15.2. The fourth-order valence-corrected chi connectivity index (χ4v) is 4.08. The first kappa shape index (κ1) is 23.7. The highest BCUT2D eigenvalue weighted by molar-refractivity contribution is 7.92. The van der Waals surface area contributed by atoms with Gasteiger partial charge >= 0.3 is 0 Å². The molecule has 1 aromatic heterocycles. The number of nitrogens with one attached hydrogen (secondary N) is 3. The molecule has 3 N–H and O–H groups in total. The van der Waals surface area contributed by atoms with E-state index in [1.165, 1.54) is 0 Å². The van der Waals surface area contributed by atoms with Crippen LogP contribution < -0.4 is 20.5 Å². The average Bonchev–Trinajstić information content (AvgIpc) is 2.75. The van der Waals surface area contributed by atoms with Crippen molar-refractivity contribution < 1.29 is 17.9 Å². The van der Waals surface area contributed by atoms with E-state index < -0.39 is 10.0 Å². The van der Waals surface area contributed by atoms with Crippen LogP contribution in [0.25, 0.3) is 0 Å². The smallest absolute Gasteiger partial charge is 0.255 e. The summed E-state index contributed by atoms with van der Waals surface area (Å²) in [7, 11) is -3.37. The second-order valence-corrected chi connectivity index (χ2v) is 9.65. The summed E-state index contributed by atoms with van der Waals surface area (Å²) < 4.78 is 31.3. The second kappa shape index (κ2) is 10.1. The molecule has 0 unspecified atom stereocenters. The number of anilines is 3. The van der Waals surface area contributed by atoms with Gasteiger partial charge in [0.25, 0.3) is 5.56 Å². The lowest BCUT2D eigenvalue weighted by Crippen LogP contribution is -2.38. The van der Waals surface area contributed by atoms with Crippen LogP contribution in [0.3, 0.4) is 0 Å². The Balaban J connectivity index is 1.61. The maximum atomic E-state index is 12.6. The highest BCUT2D eigenvalue weighted by atomic mass is 32.2. The monoisotopic (exact) mass is 463 g/mol. The number of carbonyl (C=O) groups excluding carboxylic acids is 1. The molecule has 2 aromatic rings. The number of aryl methyl sites for hydroxylation is 2. The molecule has 1 aliphatic heterocycles. The van der Waals surface area contributed by atoms with Crippen molar-refractivity contribution in [2.24, 2.45) is 0 Å². The molecule has 3 rings (SSSR count). The zero-order valence-electron chi connectivity index (χ0n) is 18.5. The van der Waals surface area contributed by atoms with Gasteiger partial charge in [0.15, 0.2) is 0 Å². The highest BCUT2D eigenvalue weighted by Crippen LogP contribution is 2.21. The summed E-state index contributed by atoms with van der Waals surface area (Å²) in [4.78, 5) is 34.3. The number of amides is 1. The molecule has 1 saturated heterocycles. The number of morpholine rings is 1. The fourth-order valence-electron chi connectivity index (χ4n) is 3.37. The minimum absolute atomic E-state index is 0.0221. The quantitative estimate of drug-likeness (QED) is 0.541. The molecule has 1 aliphatic rings. The zero-order valence-corrected chi connectivity index (χ0v) is 19.3. The van der Waals surface area contributed by atoms with Gasteiger partial charge in [-0.2, -0.15) is 0 Å². The molecule has 0 saturated carbocycles. The number of hydrogen-bond acceptors (Lipinski definition) is 7. The Kier molecular flexibility index (Phi) is 7.52. The summed E-state index contributed by atoms with van der Waals surface area (Å²) >= 11 is 0. The van der Waals surface area contributed by atoms with E-state index in [-0.39, 0.29) is 30.1 Å². The molecule has 2 heterocycles. The first-order valence-electron chi connectivity index (χ1n) is 10.5. The number of nitrogens with zero attached hydrogens (tertiary/aromatic N) is 2. The normalized spacial score (nSPS) is 14.3. The molecular weight excluding hydrogens is 434 g/mol. The first-order valence-corrected chi connectivity index (χ1v) is 12.2. The van der Waals surface area contributed by atoms with Crippen molar-refractivity contribution in [2.45, 2.75) is 33.6 Å². The number of ether oxygens (including phenoxy) is 1. The maximum Gasteiger partial charge on any atom is 0.255 e. The van der Waals surface area contributed by atoms with Gasteiger partial charge < -0.3 is 15.0 Å². The van der Waals surface area contributed by atoms with Crippen LogP contribution in [0.1, 0.15) is 30.2 Å². The number of benzene rings is 1. The van der Waals surface area contributed by atoms with Crippen LogP contribution in [0.2, 0.25) is 0 Å². The van der Waals surface area contributed by atoms with Gasteiger partial charge in [-0.1, -0.05) is 0 Å². The number of carbonyl (C=O) groups is 1. The molecule has 1 aromatic carbocycles. The topological polar surface area (TPSA) is 133 Å². The fraction of sp³-hybridized carbons (Fsp3) is 0.476. The molecule has 0 spiro atoms. The molecule has 1 amide bonds. The standard InChI is InChI=1S/C21H29N5O5S/c1-4-32(29,30)25-18-7-5-16(13-14(18)2)23-19(27)8-6-17-15(3)22-21(24-20(17)28)26-9-11-31-12-10-26/h5,7,13,25H,4,6,8-12H2,1-3H3,(H,23,27)(H,22,24,28). The summed E-state index contributed by atoms with van der Waals surface area (Å²) in [5, 5.41) is 2.79. The van der Waals surface area contributed by atoms with E-state index in [1.807, 2.05) is 4.90 Å². The van der Waals surface area contributed by atoms with Gasteiger partial charge in [-0.15, -0.1) is 0 Å². The van der Waals surface area contributed by atoms with Crippen LogP contribution in [0.15, 0.2) is 23.0 Å². The molecule has 174 valence electrons. The Morgan fingerprint density at radius 1 is 1.25 bits per heavy atom. The Morgan fingerprint density at radius 2 is 1.97 bits per heavy atom. The van der Waals surface area contributed by atoms with E-state index in [4.69, 9.17) is 4.74 Å². The summed E-state index contributed by atoms with van der Waals surface area (Å²) in [6, 6.07) is 4.94. The molecular formula is C21H29N5O5S. The second-order valence-electron chi connectivity index (χ2n) is 7.64. The van der Waals surface area contributed by atoms with Crippen molar-refractivity contribution in [2.75, 3.05) is 47.0 Å². The van der Waals surface area contributed by atoms with Crippen LogP contribution >= 0.6 is 0 Å². The van der Waals surface area contributed by atoms with Crippen LogP contribution in [0.4, 0.5) is 17.3 Å². The minimum atomic E-state index is -3.37. The number of sulfonamides is 1. The number of aromatic nitrogens is 2. The lowest BCUT2D eigenvalue weighted by atomic mass is 10.1. The van der Waals surface area contributed by atoms with Gasteiger partial charge in [-0.25, -0.2) is 13.4 Å². The van der Waals surface area contributed by atoms with Crippen molar-refractivity contribution in [3.05, 3.63) is 45.4 Å². The summed E-state index contributed by atoms with van der Waals surface area (Å²) in [5.74, 6) is 0.256. The van der Waals surface area contributed by atoms with Gasteiger partial charge in [0.2, 0.25) is 21.9 Å². The average molecular weight is 464 g/mol. The van der Waals surface area contributed by atoms with E-state index in [1.54, 1.807) is 39.0 Å². The van der Waals surface area contributed by atoms with Crippen LogP contribution in [-0.4, -0.2) is 56.3 Å². The van der Waals surface area contributed by atoms with Gasteiger partial charge in [0.1, 0.15) is 0 Å². The molecule has 10 nitrogen and oxygen atoms in total. The van der Waals surface area contributed by atoms with Crippen molar-refractivity contribution in [1.29, 1.82) is 0 Å². The van der Waals surface area contributed by atoms with Crippen LogP contribution in [0, 0.1) is 13.8 Å². The number of aromatic amines is 1. The van der Waals surface area contributed by atoms with Gasteiger partial charge in [-0.3, -0.25) is 19.3 Å². The molecule has 0 atom stereocenters. The number of hydrogen-bond donors (Lipinski definition) is 3. The minimum Gasteiger partial charge on any atom is -0.378 e. The molecule has 32 heavy (non-hydrogen) atoms. The predicted molar refractivity (Wildman–Crippen MR) is 124 cm³/mol. The van der Waals surface area contributed by atoms with E-state index in [0.717, 1.165) is 0 Å². The predicted octanol–water partition coefficient (Wildman–Crippen LogP) is 1.56. The Hall–Kier alpha value is -2.92. The van der Waals surface area contributed by atoms with Gasteiger partial charge in [0.05, 0.1) is 24.7 Å². The lowest BCUT2D eigenvalue weighted by Gasteiger charge is -2.27. The SMILES string of the molecule is CCS(=O)(=O)Nc1ccc(NC(=O)CCc2c(C)nc(N3CCOCC3)[nH]c2=O)cc1C. The van der Waals surface area contributed by atoms with E-state index >= 15 is 0 Å². The van der Waals surface area contributed by atoms with E-state index in [2.05, 4.69) is 20.0 Å². The van der Waals surface area contributed by atoms with E-state index in [0.29, 0.717) is 60.4 Å². The molecule has 0 aliphatic carbocycles. The third-order valence-corrected chi connectivity index (χ3v) is 6.57. The number of rotatable bonds is 8. The van der Waals surface area contributed by atoms with Crippen molar-refractivity contribution in [3.8, 4) is 0 Å². The van der Waals surface area contributed by atoms with Crippen LogP contribution in [0.5, 0.6) is 0 Å². The van der Waals surface area contributed by atoms with Gasteiger partial charge in [-0.05, 0) is 51.0 Å². The Labute approximate surface area is 187 Å². The zero-order chi connectivity index (χ0) is 23.3. The molecule has 11 heteroatoms. The number of H-pyrrole nitrogens is 1. The van der Waals surface area contributed by atoms with Crippen molar-refractivity contribution >= 4 is 33.3 Å². The molecule has 0 radical (unpaired) electrons. The summed E-state index contributed by atoms with van der Waals surface area (Å²) in [6.07, 6.45) is 0.377. The Bertz CT molecular complexity index is 1140. The highest BCUT2D eigenvalue weighted by Gasteiger charge is 2.17. The van der Waals surface area contributed by atoms with E-state index in [9.17, 15) is 18.0 Å². The van der Waals surface area contributed by atoms with Gasteiger partial charge in [0, 0.05) is 36.5 Å². The molecule has 0 bridgehead atoms. The third kappa shape index (κ3) is 6.07. The van der Waals surface area contributed by atoms with Crippen LogP contribution in [-0.2, 0) is 26.0 Å².